The van der Waals surface area contributed by atoms with Crippen LogP contribution in [0.5, 0.6) is 0 Å². The van der Waals surface area contributed by atoms with Crippen molar-refractivity contribution in [2.24, 2.45) is 0 Å². The lowest BCUT2D eigenvalue weighted by Gasteiger charge is -2.18. The minimum atomic E-state index is -3.51. The maximum atomic E-state index is 12.8. The van der Waals surface area contributed by atoms with E-state index in [1.165, 1.54) is 23.1 Å². The molecule has 4 nitrogen and oxygen atoms in total. The van der Waals surface area contributed by atoms with Gasteiger partial charge in [-0.25, -0.2) is 8.42 Å². The highest BCUT2D eigenvalue weighted by molar-refractivity contribution is 7.90. The van der Waals surface area contributed by atoms with Crippen molar-refractivity contribution in [1.82, 2.24) is 0 Å². The number of rotatable bonds is 3. The third kappa shape index (κ3) is 3.52. The highest BCUT2D eigenvalue weighted by Crippen LogP contribution is 2.26. The maximum absolute atomic E-state index is 12.8. The number of halogens is 1. The molecule has 0 N–H and O–H groups in total. The topological polar surface area (TPSA) is 54.5 Å². The van der Waals surface area contributed by atoms with E-state index in [9.17, 15) is 13.2 Å². The molecule has 1 amide bonds. The molecule has 0 atom stereocenters. The van der Waals surface area contributed by atoms with Gasteiger partial charge in [-0.1, -0.05) is 41.9 Å². The monoisotopic (exact) mass is 373 g/mol. The molecule has 3 rings (SSSR count). The van der Waals surface area contributed by atoms with Crippen molar-refractivity contribution in [2.75, 3.05) is 18.2 Å². The Balaban J connectivity index is 1.99. The summed E-state index contributed by atoms with van der Waals surface area (Å²) in [6, 6.07) is 17.9. The minimum absolute atomic E-state index is 0.0491. The molecule has 0 aliphatic carbocycles. The van der Waals surface area contributed by atoms with E-state index < -0.39 is 9.84 Å². The zero-order valence-electron chi connectivity index (χ0n) is 13.7. The summed E-state index contributed by atoms with van der Waals surface area (Å²) in [5, 5.41) is 2.21. The predicted octanol–water partition coefficient (Wildman–Crippen LogP) is 4.17. The number of nitrogens with zero attached hydrogens (tertiary/aromatic N) is 1. The van der Waals surface area contributed by atoms with Crippen LogP contribution in [0.4, 0.5) is 5.69 Å². The molecule has 3 aromatic rings. The van der Waals surface area contributed by atoms with E-state index in [0.29, 0.717) is 0 Å². The maximum Gasteiger partial charge on any atom is 0.258 e. The summed E-state index contributed by atoms with van der Waals surface area (Å²) in [4.78, 5) is 14.2. The molecule has 6 heteroatoms. The lowest BCUT2D eigenvalue weighted by molar-refractivity contribution is 0.0993. The van der Waals surface area contributed by atoms with Crippen molar-refractivity contribution in [3.8, 4) is 0 Å². The van der Waals surface area contributed by atoms with Gasteiger partial charge in [0.1, 0.15) is 0 Å². The second-order valence-electron chi connectivity index (χ2n) is 5.81. The lowest BCUT2D eigenvalue weighted by atomic mass is 10.1. The fourth-order valence-electron chi connectivity index (χ4n) is 2.62. The first-order chi connectivity index (χ1) is 11.8. The molecule has 0 bridgehead atoms. The highest BCUT2D eigenvalue weighted by atomic mass is 35.5. The number of hydrogen-bond donors (Lipinski definition) is 0. The number of fused-ring (bicyclic) bond motifs is 1. The molecule has 3 aromatic carbocycles. The van der Waals surface area contributed by atoms with Crippen LogP contribution in [0.3, 0.4) is 0 Å². The SMILES string of the molecule is CN(C(=O)c1ccc(Cl)c(S(C)(=O)=O)c1)c1ccc2ccccc2c1. The molecule has 0 saturated carbocycles. The zero-order valence-corrected chi connectivity index (χ0v) is 15.3. The summed E-state index contributed by atoms with van der Waals surface area (Å²) >= 11 is 5.94. The molecule has 0 spiro atoms. The summed E-state index contributed by atoms with van der Waals surface area (Å²) in [6.45, 7) is 0. The molecule has 0 unspecified atom stereocenters. The quantitative estimate of drug-likeness (QED) is 0.692. The molecule has 25 heavy (non-hydrogen) atoms. The van der Waals surface area contributed by atoms with Crippen molar-refractivity contribution in [3.63, 3.8) is 0 Å². The Morgan fingerprint density at radius 3 is 2.32 bits per heavy atom. The van der Waals surface area contributed by atoms with Gasteiger partial charge in [-0.3, -0.25) is 4.79 Å². The van der Waals surface area contributed by atoms with Crippen LogP contribution in [0.25, 0.3) is 10.8 Å². The number of carbonyl (C=O) groups excluding carboxylic acids is 1. The largest absolute Gasteiger partial charge is 0.311 e. The standard InChI is InChI=1S/C19H16ClNO3S/c1-21(16-9-7-13-5-3-4-6-14(13)11-16)19(22)15-8-10-17(20)18(12-15)25(2,23)24/h3-12H,1-2H3. The Bertz CT molecular complexity index is 1080. The van der Waals surface area contributed by atoms with E-state index in [1.54, 1.807) is 7.05 Å². The third-order valence-electron chi connectivity index (χ3n) is 4.00. The second kappa shape index (κ2) is 6.50. The van der Waals surface area contributed by atoms with Gasteiger partial charge in [0.05, 0.1) is 9.92 Å². The minimum Gasteiger partial charge on any atom is -0.311 e. The summed E-state index contributed by atoms with van der Waals surface area (Å²) in [6.07, 6.45) is 1.06. The van der Waals surface area contributed by atoms with Crippen LogP contribution in [0.2, 0.25) is 5.02 Å². The molecule has 0 aliphatic heterocycles. The fraction of sp³-hybridized carbons (Fsp3) is 0.105. The molecule has 0 aromatic heterocycles. The fourth-order valence-corrected chi connectivity index (χ4v) is 3.92. The first-order valence-corrected chi connectivity index (χ1v) is 9.81. The number of sulfone groups is 1. The first kappa shape index (κ1) is 17.5. The average molecular weight is 374 g/mol. The smallest absolute Gasteiger partial charge is 0.258 e. The first-order valence-electron chi connectivity index (χ1n) is 7.54. The molecule has 0 radical (unpaired) electrons. The molecule has 128 valence electrons. The van der Waals surface area contributed by atoms with E-state index in [1.807, 2.05) is 42.5 Å². The van der Waals surface area contributed by atoms with Crippen molar-refractivity contribution >= 4 is 43.8 Å². The van der Waals surface area contributed by atoms with Gasteiger partial charge in [0.15, 0.2) is 9.84 Å². The summed E-state index contributed by atoms with van der Waals surface area (Å²) < 4.78 is 23.6. The van der Waals surface area contributed by atoms with Gasteiger partial charge >= 0.3 is 0 Å². The van der Waals surface area contributed by atoms with Gasteiger partial charge < -0.3 is 4.90 Å². The van der Waals surface area contributed by atoms with E-state index in [0.717, 1.165) is 22.7 Å². The van der Waals surface area contributed by atoms with E-state index in [4.69, 9.17) is 11.6 Å². The van der Waals surface area contributed by atoms with Gasteiger partial charge in [-0.05, 0) is 41.1 Å². The van der Waals surface area contributed by atoms with E-state index >= 15 is 0 Å². The van der Waals surface area contributed by atoms with Gasteiger partial charge in [0, 0.05) is 24.6 Å². The Kier molecular flexibility index (Phi) is 4.54. The van der Waals surface area contributed by atoms with Crippen molar-refractivity contribution in [3.05, 3.63) is 71.2 Å². The molecule has 0 aliphatic rings. The molecule has 0 fully saturated rings. The predicted molar refractivity (Wildman–Crippen MR) is 101 cm³/mol. The number of amides is 1. The normalized spacial score (nSPS) is 11.5. The van der Waals surface area contributed by atoms with Crippen LogP contribution in [-0.4, -0.2) is 27.6 Å². The summed E-state index contributed by atoms with van der Waals surface area (Å²) in [5.41, 5.74) is 0.986. The second-order valence-corrected chi connectivity index (χ2v) is 8.20. The van der Waals surface area contributed by atoms with E-state index in [2.05, 4.69) is 0 Å². The molecule has 0 heterocycles. The Morgan fingerprint density at radius 2 is 1.64 bits per heavy atom. The number of hydrogen-bond acceptors (Lipinski definition) is 3. The Labute approximate surface area is 151 Å². The number of benzene rings is 3. The van der Waals surface area contributed by atoms with Crippen LogP contribution in [0, 0.1) is 0 Å². The van der Waals surface area contributed by atoms with Crippen LogP contribution >= 0.6 is 11.6 Å². The van der Waals surface area contributed by atoms with Gasteiger partial charge in [0.25, 0.3) is 5.91 Å². The average Bonchev–Trinajstić information content (AvgIpc) is 2.59. The molecular weight excluding hydrogens is 358 g/mol. The zero-order chi connectivity index (χ0) is 18.2. The van der Waals surface area contributed by atoms with Crippen molar-refractivity contribution in [2.45, 2.75) is 4.90 Å². The van der Waals surface area contributed by atoms with Crippen molar-refractivity contribution in [1.29, 1.82) is 0 Å². The Hall–Kier alpha value is -2.37. The Morgan fingerprint density at radius 1 is 0.960 bits per heavy atom. The summed E-state index contributed by atoms with van der Waals surface area (Å²) in [7, 11) is -1.86. The van der Waals surface area contributed by atoms with Crippen LogP contribution in [0.15, 0.2) is 65.6 Å². The van der Waals surface area contributed by atoms with E-state index in [-0.39, 0.29) is 21.4 Å². The molecular formula is C19H16ClNO3S. The van der Waals surface area contributed by atoms with Crippen LogP contribution in [0.1, 0.15) is 10.4 Å². The van der Waals surface area contributed by atoms with Gasteiger partial charge in [0.2, 0.25) is 0 Å². The third-order valence-corrected chi connectivity index (χ3v) is 5.58. The van der Waals surface area contributed by atoms with Crippen molar-refractivity contribution < 1.29 is 13.2 Å². The molecule has 0 saturated heterocycles. The van der Waals surface area contributed by atoms with Gasteiger partial charge in [-0.15, -0.1) is 0 Å². The number of anilines is 1. The van der Waals surface area contributed by atoms with Crippen LogP contribution in [-0.2, 0) is 9.84 Å². The summed E-state index contributed by atoms with van der Waals surface area (Å²) in [5.74, 6) is -0.308. The lowest BCUT2D eigenvalue weighted by Crippen LogP contribution is -2.26. The highest BCUT2D eigenvalue weighted by Gasteiger charge is 2.19. The number of carbonyl (C=O) groups is 1. The van der Waals surface area contributed by atoms with Gasteiger partial charge in [-0.2, -0.15) is 0 Å². The van der Waals surface area contributed by atoms with Crippen LogP contribution < -0.4 is 4.90 Å².